The monoisotopic (exact) mass is 418 g/mol. The Morgan fingerprint density at radius 1 is 0.793 bits per heavy atom. The van der Waals surface area contributed by atoms with E-state index in [0.717, 1.165) is 16.9 Å². The molecule has 0 aliphatic heterocycles. The zero-order chi connectivity index (χ0) is 20.2. The molecule has 6 heteroatoms. The van der Waals surface area contributed by atoms with Gasteiger partial charge in [0.25, 0.3) is 5.91 Å². The molecule has 1 amide bonds. The molecule has 1 aromatic heterocycles. The minimum Gasteiger partial charge on any atom is -0.298 e. The molecule has 0 aliphatic rings. The van der Waals surface area contributed by atoms with Crippen LogP contribution < -0.4 is 5.32 Å². The van der Waals surface area contributed by atoms with Crippen molar-refractivity contribution in [2.75, 3.05) is 5.32 Å². The molecule has 4 rings (SSSR count). The van der Waals surface area contributed by atoms with E-state index in [9.17, 15) is 9.59 Å². The van der Waals surface area contributed by atoms with Crippen LogP contribution in [0.2, 0.25) is 5.02 Å². The van der Waals surface area contributed by atoms with Crippen LogP contribution in [0.15, 0.2) is 84.9 Å². The van der Waals surface area contributed by atoms with Gasteiger partial charge in [-0.1, -0.05) is 71.5 Å². The van der Waals surface area contributed by atoms with Crippen molar-refractivity contribution in [2.24, 2.45) is 0 Å². The first-order valence-corrected chi connectivity index (χ1v) is 10.0. The van der Waals surface area contributed by atoms with Gasteiger partial charge in [-0.2, -0.15) is 0 Å². The van der Waals surface area contributed by atoms with Gasteiger partial charge in [-0.05, 0) is 36.4 Å². The summed E-state index contributed by atoms with van der Waals surface area (Å²) in [6.45, 7) is 0. The van der Waals surface area contributed by atoms with Crippen LogP contribution in [0.5, 0.6) is 0 Å². The lowest BCUT2D eigenvalue weighted by atomic mass is 10.1. The van der Waals surface area contributed by atoms with Crippen LogP contribution in [0, 0.1) is 0 Å². The highest BCUT2D eigenvalue weighted by atomic mass is 35.5. The lowest BCUT2D eigenvalue weighted by molar-refractivity contribution is 0.102. The maximum absolute atomic E-state index is 13.1. The second kappa shape index (κ2) is 8.39. The van der Waals surface area contributed by atoms with E-state index in [0.29, 0.717) is 31.9 Å². The molecule has 4 nitrogen and oxygen atoms in total. The molecule has 0 atom stereocenters. The highest BCUT2D eigenvalue weighted by Gasteiger charge is 2.22. The number of nitrogens with zero attached hydrogens (tertiary/aromatic N) is 1. The number of halogens is 1. The average molecular weight is 419 g/mol. The van der Waals surface area contributed by atoms with Crippen LogP contribution in [0.4, 0.5) is 5.13 Å². The van der Waals surface area contributed by atoms with Crippen molar-refractivity contribution in [3.05, 3.63) is 106 Å². The highest BCUT2D eigenvalue weighted by Crippen LogP contribution is 2.33. The van der Waals surface area contributed by atoms with Crippen molar-refractivity contribution in [3.63, 3.8) is 0 Å². The third kappa shape index (κ3) is 4.26. The molecular weight excluding hydrogens is 404 g/mol. The number of amides is 1. The van der Waals surface area contributed by atoms with Crippen molar-refractivity contribution in [1.82, 2.24) is 4.98 Å². The lowest BCUT2D eigenvalue weighted by Gasteiger charge is -2.02. The molecule has 0 fully saturated rings. The molecule has 3 aromatic carbocycles. The fourth-order valence-electron chi connectivity index (χ4n) is 2.81. The Morgan fingerprint density at radius 3 is 2.07 bits per heavy atom. The van der Waals surface area contributed by atoms with Crippen LogP contribution in [-0.4, -0.2) is 16.7 Å². The summed E-state index contributed by atoms with van der Waals surface area (Å²) < 4.78 is 0. The number of hydrogen-bond donors (Lipinski definition) is 1. The number of carbonyl (C=O) groups excluding carboxylic acids is 2. The number of rotatable bonds is 5. The number of carbonyl (C=O) groups is 2. The Balaban J connectivity index is 1.72. The summed E-state index contributed by atoms with van der Waals surface area (Å²) >= 11 is 7.10. The van der Waals surface area contributed by atoms with Crippen molar-refractivity contribution in [2.45, 2.75) is 0 Å². The predicted octanol–water partition coefficient (Wildman–Crippen LogP) is 5.95. The number of thiazole rings is 1. The topological polar surface area (TPSA) is 59.1 Å². The first kappa shape index (κ1) is 19.1. The second-order valence-electron chi connectivity index (χ2n) is 6.22. The molecule has 0 unspecified atom stereocenters. The molecule has 0 saturated heterocycles. The fourth-order valence-corrected chi connectivity index (χ4v) is 3.88. The number of anilines is 1. The molecule has 142 valence electrons. The third-order valence-electron chi connectivity index (χ3n) is 4.24. The SMILES string of the molecule is O=C(Nc1nc(-c2ccccc2)c(C(=O)c2ccc(Cl)cc2)s1)c1ccccc1. The van der Waals surface area contributed by atoms with Gasteiger partial charge >= 0.3 is 0 Å². The zero-order valence-corrected chi connectivity index (χ0v) is 16.7. The Labute approximate surface area is 176 Å². The minimum atomic E-state index is -0.274. The molecule has 0 aliphatic carbocycles. The average Bonchev–Trinajstić information content (AvgIpc) is 3.19. The van der Waals surface area contributed by atoms with Crippen LogP contribution in [0.3, 0.4) is 0 Å². The lowest BCUT2D eigenvalue weighted by Crippen LogP contribution is -2.11. The van der Waals surface area contributed by atoms with Gasteiger partial charge in [-0.25, -0.2) is 4.98 Å². The van der Waals surface area contributed by atoms with Gasteiger partial charge < -0.3 is 0 Å². The summed E-state index contributed by atoms with van der Waals surface area (Å²) in [5.74, 6) is -0.442. The van der Waals surface area contributed by atoms with E-state index < -0.39 is 0 Å². The van der Waals surface area contributed by atoms with Crippen molar-refractivity contribution < 1.29 is 9.59 Å². The number of aromatic nitrogens is 1. The second-order valence-corrected chi connectivity index (χ2v) is 7.65. The summed E-state index contributed by atoms with van der Waals surface area (Å²) in [6, 6.07) is 25.0. The van der Waals surface area contributed by atoms with Crippen molar-refractivity contribution >= 4 is 39.8 Å². The maximum Gasteiger partial charge on any atom is 0.257 e. The maximum atomic E-state index is 13.1. The number of nitrogens with one attached hydrogen (secondary N) is 1. The quantitative estimate of drug-likeness (QED) is 0.407. The van der Waals surface area contributed by atoms with Gasteiger partial charge in [0, 0.05) is 21.7 Å². The van der Waals surface area contributed by atoms with Gasteiger partial charge in [0.1, 0.15) is 4.88 Å². The molecule has 0 radical (unpaired) electrons. The summed E-state index contributed by atoms with van der Waals surface area (Å²) in [4.78, 5) is 30.6. The smallest absolute Gasteiger partial charge is 0.257 e. The Kier molecular flexibility index (Phi) is 5.51. The van der Waals surface area contributed by atoms with E-state index in [1.165, 1.54) is 0 Å². The summed E-state index contributed by atoms with van der Waals surface area (Å²) in [5.41, 5.74) is 2.38. The third-order valence-corrected chi connectivity index (χ3v) is 5.47. The summed E-state index contributed by atoms with van der Waals surface area (Å²) in [7, 11) is 0. The highest BCUT2D eigenvalue weighted by molar-refractivity contribution is 7.18. The van der Waals surface area contributed by atoms with E-state index in [4.69, 9.17) is 11.6 Å². The van der Waals surface area contributed by atoms with E-state index >= 15 is 0 Å². The number of benzene rings is 3. The Hall–Kier alpha value is -3.28. The molecule has 29 heavy (non-hydrogen) atoms. The Bertz CT molecular complexity index is 1160. The van der Waals surface area contributed by atoms with Crippen molar-refractivity contribution in [1.29, 1.82) is 0 Å². The molecule has 1 heterocycles. The first-order chi connectivity index (χ1) is 14.1. The largest absolute Gasteiger partial charge is 0.298 e. The normalized spacial score (nSPS) is 10.5. The van der Waals surface area contributed by atoms with E-state index in [2.05, 4.69) is 10.3 Å². The van der Waals surface area contributed by atoms with Crippen LogP contribution in [0.1, 0.15) is 25.6 Å². The first-order valence-electron chi connectivity index (χ1n) is 8.85. The summed E-state index contributed by atoms with van der Waals surface area (Å²) in [6.07, 6.45) is 0. The van der Waals surface area contributed by atoms with Gasteiger partial charge in [0.05, 0.1) is 5.69 Å². The zero-order valence-electron chi connectivity index (χ0n) is 15.1. The van der Waals surface area contributed by atoms with Crippen LogP contribution >= 0.6 is 22.9 Å². The number of ketones is 1. The summed E-state index contributed by atoms with van der Waals surface area (Å²) in [5, 5.41) is 3.73. The van der Waals surface area contributed by atoms with Gasteiger partial charge in [-0.15, -0.1) is 0 Å². The molecular formula is C23H15ClN2O2S. The van der Waals surface area contributed by atoms with E-state index in [1.807, 2.05) is 36.4 Å². The standard InChI is InChI=1S/C23H15ClN2O2S/c24-18-13-11-16(12-14-18)20(27)21-19(15-7-3-1-4-8-15)25-23(29-21)26-22(28)17-9-5-2-6-10-17/h1-14H,(H,25,26,28). The molecule has 0 bridgehead atoms. The molecule has 0 spiro atoms. The van der Waals surface area contributed by atoms with E-state index in [-0.39, 0.29) is 11.7 Å². The fraction of sp³-hybridized carbons (Fsp3) is 0. The van der Waals surface area contributed by atoms with Crippen LogP contribution in [0.25, 0.3) is 11.3 Å². The predicted molar refractivity (Wildman–Crippen MR) is 117 cm³/mol. The van der Waals surface area contributed by atoms with Gasteiger partial charge in [0.15, 0.2) is 5.13 Å². The van der Waals surface area contributed by atoms with Crippen molar-refractivity contribution in [3.8, 4) is 11.3 Å². The van der Waals surface area contributed by atoms with Gasteiger partial charge in [0.2, 0.25) is 5.78 Å². The van der Waals surface area contributed by atoms with E-state index in [1.54, 1.807) is 48.5 Å². The van der Waals surface area contributed by atoms with Gasteiger partial charge in [-0.3, -0.25) is 14.9 Å². The molecule has 1 N–H and O–H groups in total. The molecule has 0 saturated carbocycles. The Morgan fingerprint density at radius 2 is 1.41 bits per heavy atom. The van der Waals surface area contributed by atoms with Crippen LogP contribution in [-0.2, 0) is 0 Å². The number of hydrogen-bond acceptors (Lipinski definition) is 4. The molecule has 4 aromatic rings. The minimum absolute atomic E-state index is 0.168.